The topological polar surface area (TPSA) is 79.3 Å². The molecule has 0 aromatic heterocycles. The molecule has 57 heavy (non-hydrogen) atoms. The normalized spacial score (nSPS) is 13.9. The molecule has 7 heteroatoms. The molecule has 0 spiro atoms. The molecule has 4 atom stereocenters. The number of carbonyl (C=O) groups excluding carboxylic acids is 2. The van der Waals surface area contributed by atoms with E-state index in [9.17, 15) is 14.7 Å². The molecular weight excluding hydrogens is 709 g/mol. The van der Waals surface area contributed by atoms with Crippen molar-refractivity contribution in [3.63, 3.8) is 0 Å². The van der Waals surface area contributed by atoms with Crippen LogP contribution in [0.25, 0.3) is 0 Å². The van der Waals surface area contributed by atoms with Crippen LogP contribution in [0.3, 0.4) is 0 Å². The van der Waals surface area contributed by atoms with Crippen molar-refractivity contribution < 1.29 is 24.2 Å². The maximum atomic E-state index is 13.3. The number of nitrogens with zero attached hydrogens (tertiary/aromatic N) is 2. The third kappa shape index (κ3) is 34.3. The fraction of sp³-hybridized carbons (Fsp3) is 0.960. The van der Waals surface area contributed by atoms with E-state index in [4.69, 9.17) is 9.47 Å². The van der Waals surface area contributed by atoms with E-state index in [0.717, 1.165) is 122 Å². The predicted octanol–water partition coefficient (Wildman–Crippen LogP) is 13.5. The lowest BCUT2D eigenvalue weighted by molar-refractivity contribution is -0.150. The Balaban J connectivity index is 5.25. The molecule has 0 saturated carbocycles. The van der Waals surface area contributed by atoms with Crippen molar-refractivity contribution in [1.82, 2.24) is 9.80 Å². The summed E-state index contributed by atoms with van der Waals surface area (Å²) in [5, 5.41) is 10.8. The zero-order valence-corrected chi connectivity index (χ0v) is 39.4. The average Bonchev–Trinajstić information content (AvgIpc) is 3.19. The summed E-state index contributed by atoms with van der Waals surface area (Å²) in [4.78, 5) is 31.2. The zero-order chi connectivity index (χ0) is 42.2. The number of rotatable bonds is 44. The molecule has 7 nitrogen and oxygen atoms in total. The lowest BCUT2D eigenvalue weighted by atomic mass is 9.92. The highest BCUT2D eigenvalue weighted by Crippen LogP contribution is 2.25. The van der Waals surface area contributed by atoms with Gasteiger partial charge in [-0.1, -0.05) is 176 Å². The summed E-state index contributed by atoms with van der Waals surface area (Å²) in [5.41, 5.74) is 0. The van der Waals surface area contributed by atoms with Crippen molar-refractivity contribution >= 4 is 11.9 Å². The van der Waals surface area contributed by atoms with E-state index in [1.165, 1.54) is 96.3 Å². The average molecular weight is 809 g/mol. The first-order valence-electron chi connectivity index (χ1n) is 25.1. The summed E-state index contributed by atoms with van der Waals surface area (Å²) >= 11 is 0. The minimum Gasteiger partial charge on any atom is -0.465 e. The smallest absolute Gasteiger partial charge is 0.308 e. The van der Waals surface area contributed by atoms with E-state index < -0.39 is 0 Å². The number of hydrogen-bond donors (Lipinski definition) is 1. The van der Waals surface area contributed by atoms with Crippen LogP contribution in [0.2, 0.25) is 0 Å². The molecule has 4 unspecified atom stereocenters. The van der Waals surface area contributed by atoms with E-state index in [0.29, 0.717) is 25.8 Å². The Morgan fingerprint density at radius 1 is 0.439 bits per heavy atom. The number of hydrogen-bond acceptors (Lipinski definition) is 7. The highest BCUT2D eigenvalue weighted by molar-refractivity contribution is 5.72. The van der Waals surface area contributed by atoms with Crippen molar-refractivity contribution in [2.75, 3.05) is 46.9 Å². The summed E-state index contributed by atoms with van der Waals surface area (Å²) in [6.07, 6.45) is 35.8. The number of aliphatic hydroxyl groups is 1. The van der Waals surface area contributed by atoms with Gasteiger partial charge in [0.25, 0.3) is 0 Å². The Bertz CT molecular complexity index is 870. The number of unbranched alkanes of at least 4 members (excludes halogenated alkanes) is 18. The van der Waals surface area contributed by atoms with Crippen molar-refractivity contribution in [2.24, 2.45) is 11.8 Å². The molecule has 0 amide bonds. The van der Waals surface area contributed by atoms with Crippen LogP contribution in [0.15, 0.2) is 0 Å². The van der Waals surface area contributed by atoms with Gasteiger partial charge in [-0.25, -0.2) is 0 Å². The molecular formula is C50H100N2O5. The quantitative estimate of drug-likeness (QED) is 0.0485. The molecule has 0 aliphatic heterocycles. The third-order valence-corrected chi connectivity index (χ3v) is 12.0. The minimum absolute atomic E-state index is 0.0104. The van der Waals surface area contributed by atoms with Gasteiger partial charge in [-0.2, -0.15) is 0 Å². The van der Waals surface area contributed by atoms with Crippen molar-refractivity contribution in [3.05, 3.63) is 0 Å². The van der Waals surface area contributed by atoms with Crippen LogP contribution in [0.4, 0.5) is 0 Å². The van der Waals surface area contributed by atoms with Gasteiger partial charge in [0.2, 0.25) is 0 Å². The van der Waals surface area contributed by atoms with Crippen molar-refractivity contribution in [2.45, 2.75) is 252 Å². The van der Waals surface area contributed by atoms with E-state index in [1.54, 1.807) is 0 Å². The van der Waals surface area contributed by atoms with E-state index in [2.05, 4.69) is 44.4 Å². The predicted molar refractivity (Wildman–Crippen MR) is 245 cm³/mol. The number of carbonyl (C=O) groups is 2. The molecule has 0 rings (SSSR count). The second-order valence-corrected chi connectivity index (χ2v) is 17.9. The van der Waals surface area contributed by atoms with Gasteiger partial charge in [-0.05, 0) is 84.8 Å². The van der Waals surface area contributed by atoms with Gasteiger partial charge in [-0.3, -0.25) is 9.59 Å². The zero-order valence-electron chi connectivity index (χ0n) is 39.4. The van der Waals surface area contributed by atoms with Crippen LogP contribution in [-0.4, -0.2) is 85.9 Å². The Hall–Kier alpha value is -1.18. The Kier molecular flexibility index (Phi) is 40.7. The van der Waals surface area contributed by atoms with Crippen molar-refractivity contribution in [3.8, 4) is 0 Å². The lowest BCUT2D eigenvalue weighted by Crippen LogP contribution is -2.39. The number of aliphatic hydroxyl groups excluding tert-OH is 1. The standard InChI is InChI=1S/C50H100N2O5/c1-8-13-18-22-23-28-35-45(33-26-19-14-9-2)49(54)57-43-31-25-24-29-40-52(41-39-48(53)44-51(6)7)47(37-17-12-5)38-32-36-46(34-27-20-15-10-3)50(55)56-42-30-21-16-11-4/h45-48,53H,8-44H2,1-7H3. The molecule has 0 heterocycles. The van der Waals surface area contributed by atoms with Gasteiger partial charge in [-0.15, -0.1) is 0 Å². The first-order chi connectivity index (χ1) is 27.7. The second kappa shape index (κ2) is 41.5. The lowest BCUT2D eigenvalue weighted by Gasteiger charge is -2.33. The van der Waals surface area contributed by atoms with Crippen LogP contribution < -0.4 is 0 Å². The van der Waals surface area contributed by atoms with E-state index in [1.807, 2.05) is 14.1 Å². The Labute approximate surface area is 355 Å². The largest absolute Gasteiger partial charge is 0.465 e. The molecule has 1 N–H and O–H groups in total. The summed E-state index contributed by atoms with van der Waals surface area (Å²) in [7, 11) is 4.06. The molecule has 0 aromatic carbocycles. The van der Waals surface area contributed by atoms with Crippen LogP contribution in [0.5, 0.6) is 0 Å². The highest BCUT2D eigenvalue weighted by atomic mass is 16.5. The van der Waals surface area contributed by atoms with Crippen LogP contribution in [-0.2, 0) is 19.1 Å². The van der Waals surface area contributed by atoms with Gasteiger partial charge >= 0.3 is 11.9 Å². The monoisotopic (exact) mass is 809 g/mol. The molecule has 0 aliphatic rings. The first-order valence-corrected chi connectivity index (χ1v) is 25.1. The molecule has 0 bridgehead atoms. The summed E-state index contributed by atoms with van der Waals surface area (Å²) in [6.45, 7) is 15.0. The van der Waals surface area contributed by atoms with Crippen LogP contribution in [0.1, 0.15) is 240 Å². The van der Waals surface area contributed by atoms with Gasteiger partial charge in [0.15, 0.2) is 0 Å². The number of ether oxygens (including phenoxy) is 2. The number of esters is 2. The minimum atomic E-state index is -0.333. The molecule has 0 aliphatic carbocycles. The Morgan fingerprint density at radius 2 is 0.825 bits per heavy atom. The maximum absolute atomic E-state index is 13.3. The first kappa shape index (κ1) is 55.8. The summed E-state index contributed by atoms with van der Waals surface area (Å²) < 4.78 is 11.7. The fourth-order valence-corrected chi connectivity index (χ4v) is 8.30. The summed E-state index contributed by atoms with van der Waals surface area (Å²) in [6, 6.07) is 0.462. The highest BCUT2D eigenvalue weighted by Gasteiger charge is 2.24. The molecule has 0 radical (unpaired) electrons. The molecule has 340 valence electrons. The van der Waals surface area contributed by atoms with Gasteiger partial charge < -0.3 is 24.4 Å². The maximum Gasteiger partial charge on any atom is 0.308 e. The summed E-state index contributed by atoms with van der Waals surface area (Å²) in [5.74, 6) is 0.158. The Morgan fingerprint density at radius 3 is 1.32 bits per heavy atom. The fourth-order valence-electron chi connectivity index (χ4n) is 8.30. The number of likely N-dealkylation sites (N-methyl/N-ethyl adjacent to an activating group) is 1. The van der Waals surface area contributed by atoms with E-state index >= 15 is 0 Å². The molecule has 0 saturated heterocycles. The molecule has 0 aromatic rings. The SMILES string of the molecule is CCCCCCCCC(CCCCCC)C(=O)OCCCCCCN(CCC(O)CN(C)C)C(CCCC)CCCC(CCCCCC)C(=O)OCCCCCC. The second-order valence-electron chi connectivity index (χ2n) is 17.9. The van der Waals surface area contributed by atoms with Gasteiger partial charge in [0.1, 0.15) is 0 Å². The van der Waals surface area contributed by atoms with E-state index in [-0.39, 0.29) is 29.9 Å². The van der Waals surface area contributed by atoms with Crippen LogP contribution in [0, 0.1) is 11.8 Å². The van der Waals surface area contributed by atoms with Crippen molar-refractivity contribution in [1.29, 1.82) is 0 Å². The third-order valence-electron chi connectivity index (χ3n) is 12.0. The van der Waals surface area contributed by atoms with Gasteiger partial charge in [0.05, 0.1) is 31.2 Å². The molecule has 0 fully saturated rings. The van der Waals surface area contributed by atoms with Gasteiger partial charge in [0, 0.05) is 19.1 Å². The van der Waals surface area contributed by atoms with Crippen LogP contribution >= 0.6 is 0 Å².